The lowest BCUT2D eigenvalue weighted by Gasteiger charge is -2.22. The fourth-order valence-corrected chi connectivity index (χ4v) is 3.56. The van der Waals surface area contributed by atoms with Gasteiger partial charge in [-0.05, 0) is 31.4 Å². The van der Waals surface area contributed by atoms with Gasteiger partial charge in [0.15, 0.2) is 5.96 Å². The molecule has 0 spiro atoms. The maximum absolute atomic E-state index is 12.0. The molecule has 1 fully saturated rings. The zero-order valence-electron chi connectivity index (χ0n) is 14.8. The Kier molecular flexibility index (Phi) is 8.23. The van der Waals surface area contributed by atoms with Crippen LogP contribution in [0.5, 0.6) is 0 Å². The zero-order chi connectivity index (χ0) is 18.0. The monoisotopic (exact) mass is 371 g/mol. The highest BCUT2D eigenvalue weighted by atomic mass is 32.2. The summed E-state index contributed by atoms with van der Waals surface area (Å²) in [4.78, 5) is 4.10. The van der Waals surface area contributed by atoms with Crippen LogP contribution in [0.3, 0.4) is 0 Å². The van der Waals surface area contributed by atoms with Gasteiger partial charge >= 0.3 is 0 Å². The Morgan fingerprint density at radius 1 is 1.24 bits per heavy atom. The Bertz CT molecular complexity index is 610. The summed E-state index contributed by atoms with van der Waals surface area (Å²) in [6.45, 7) is 2.89. The van der Waals surface area contributed by atoms with Gasteiger partial charge in [0.2, 0.25) is 10.0 Å². The molecule has 1 saturated heterocycles. The average Bonchev–Trinajstić information content (AvgIpc) is 3.13. The standard InChI is InChI=1S/C16H29N5O3S/c1-17-16(18-7-11-21-9-3-4-10-21)19-8-13-25(22,23)20-14-15-6-2-5-12-24-15/h3-4,9-10,15,20H,2,5-8,11-14H2,1H3,(H2,17,18,19). The molecule has 0 aromatic carbocycles. The molecular formula is C16H29N5O3S. The van der Waals surface area contributed by atoms with E-state index in [1.54, 1.807) is 7.05 Å². The lowest BCUT2D eigenvalue weighted by Crippen LogP contribution is -2.43. The molecular weight excluding hydrogens is 342 g/mol. The number of hydrogen-bond donors (Lipinski definition) is 3. The highest BCUT2D eigenvalue weighted by Gasteiger charge is 2.17. The third kappa shape index (κ3) is 7.89. The Morgan fingerprint density at radius 3 is 2.68 bits per heavy atom. The van der Waals surface area contributed by atoms with Gasteiger partial charge in [-0.3, -0.25) is 4.99 Å². The van der Waals surface area contributed by atoms with Gasteiger partial charge in [-0.2, -0.15) is 0 Å². The van der Waals surface area contributed by atoms with Gasteiger partial charge in [0.1, 0.15) is 0 Å². The number of nitrogens with zero attached hydrogens (tertiary/aromatic N) is 2. The molecule has 142 valence electrons. The Labute approximate surface area is 150 Å². The third-order valence-corrected chi connectivity index (χ3v) is 5.37. The highest BCUT2D eigenvalue weighted by Crippen LogP contribution is 2.11. The van der Waals surface area contributed by atoms with Crippen LogP contribution < -0.4 is 15.4 Å². The van der Waals surface area contributed by atoms with E-state index in [4.69, 9.17) is 4.74 Å². The fourth-order valence-electron chi connectivity index (χ4n) is 2.61. The van der Waals surface area contributed by atoms with Crippen molar-refractivity contribution >= 4 is 16.0 Å². The number of nitrogens with one attached hydrogen (secondary N) is 3. The summed E-state index contributed by atoms with van der Waals surface area (Å²) >= 11 is 0. The Morgan fingerprint density at radius 2 is 2.00 bits per heavy atom. The molecule has 1 atom stereocenters. The number of hydrogen-bond acceptors (Lipinski definition) is 4. The van der Waals surface area contributed by atoms with Crippen LogP contribution in [-0.4, -0.2) is 64.1 Å². The van der Waals surface area contributed by atoms with Crippen molar-refractivity contribution in [2.75, 3.05) is 39.0 Å². The maximum Gasteiger partial charge on any atom is 0.213 e. The first-order valence-electron chi connectivity index (χ1n) is 8.73. The lowest BCUT2D eigenvalue weighted by atomic mass is 10.1. The van der Waals surface area contributed by atoms with Gasteiger partial charge in [0, 0.05) is 52.2 Å². The minimum atomic E-state index is -3.32. The number of aliphatic imine (C=N–C) groups is 1. The Balaban J connectivity index is 1.61. The topological polar surface area (TPSA) is 96.8 Å². The number of aromatic nitrogens is 1. The molecule has 1 aromatic rings. The highest BCUT2D eigenvalue weighted by molar-refractivity contribution is 7.89. The fraction of sp³-hybridized carbons (Fsp3) is 0.688. The van der Waals surface area contributed by atoms with Gasteiger partial charge in [-0.1, -0.05) is 0 Å². The maximum atomic E-state index is 12.0. The summed E-state index contributed by atoms with van der Waals surface area (Å²) < 4.78 is 34.3. The molecule has 0 amide bonds. The van der Waals surface area contributed by atoms with E-state index in [9.17, 15) is 8.42 Å². The molecule has 0 radical (unpaired) electrons. The van der Waals surface area contributed by atoms with Crippen molar-refractivity contribution in [3.8, 4) is 0 Å². The number of ether oxygens (including phenoxy) is 1. The van der Waals surface area contributed by atoms with Gasteiger partial charge in [0.05, 0.1) is 11.9 Å². The quantitative estimate of drug-likeness (QED) is 0.424. The van der Waals surface area contributed by atoms with Gasteiger partial charge < -0.3 is 19.9 Å². The predicted molar refractivity (Wildman–Crippen MR) is 99.2 cm³/mol. The summed E-state index contributed by atoms with van der Waals surface area (Å²) in [7, 11) is -1.66. The van der Waals surface area contributed by atoms with E-state index >= 15 is 0 Å². The minimum absolute atomic E-state index is 0.000368. The van der Waals surface area contributed by atoms with Crippen LogP contribution in [0.1, 0.15) is 19.3 Å². The molecule has 2 rings (SSSR count). The molecule has 1 aliphatic rings. The van der Waals surface area contributed by atoms with Crippen LogP contribution in [0.2, 0.25) is 0 Å². The molecule has 0 aliphatic carbocycles. The van der Waals surface area contributed by atoms with Crippen LogP contribution in [-0.2, 0) is 21.3 Å². The van der Waals surface area contributed by atoms with E-state index in [1.807, 2.05) is 24.5 Å². The zero-order valence-corrected chi connectivity index (χ0v) is 15.6. The first-order chi connectivity index (χ1) is 12.1. The van der Waals surface area contributed by atoms with Gasteiger partial charge in [-0.15, -0.1) is 0 Å². The molecule has 2 heterocycles. The Hall–Kier alpha value is -1.58. The molecule has 1 aliphatic heterocycles. The molecule has 0 saturated carbocycles. The molecule has 25 heavy (non-hydrogen) atoms. The summed E-state index contributed by atoms with van der Waals surface area (Å²) in [5.74, 6) is 0.593. The van der Waals surface area contributed by atoms with Crippen LogP contribution in [0.4, 0.5) is 0 Å². The second-order valence-electron chi connectivity index (χ2n) is 6.00. The molecule has 0 bridgehead atoms. The van der Waals surface area contributed by atoms with Crippen LogP contribution >= 0.6 is 0 Å². The van der Waals surface area contributed by atoms with E-state index in [1.165, 1.54) is 0 Å². The van der Waals surface area contributed by atoms with Crippen molar-refractivity contribution in [1.82, 2.24) is 19.9 Å². The first kappa shape index (κ1) is 19.7. The summed E-state index contributed by atoms with van der Waals surface area (Å²) in [5, 5.41) is 6.18. The molecule has 1 unspecified atom stereocenters. The molecule has 8 nitrogen and oxygen atoms in total. The van der Waals surface area contributed by atoms with E-state index in [2.05, 4.69) is 24.9 Å². The first-order valence-corrected chi connectivity index (χ1v) is 10.4. The smallest absolute Gasteiger partial charge is 0.213 e. The van der Waals surface area contributed by atoms with E-state index in [-0.39, 0.29) is 11.9 Å². The van der Waals surface area contributed by atoms with Crippen molar-refractivity contribution in [1.29, 1.82) is 0 Å². The van der Waals surface area contributed by atoms with Crippen LogP contribution in [0.15, 0.2) is 29.5 Å². The third-order valence-electron chi connectivity index (χ3n) is 4.02. The van der Waals surface area contributed by atoms with Gasteiger partial charge in [-0.25, -0.2) is 13.1 Å². The van der Waals surface area contributed by atoms with Crippen molar-refractivity contribution in [3.63, 3.8) is 0 Å². The van der Waals surface area contributed by atoms with Gasteiger partial charge in [0.25, 0.3) is 0 Å². The van der Waals surface area contributed by atoms with Crippen molar-refractivity contribution in [3.05, 3.63) is 24.5 Å². The summed E-state index contributed by atoms with van der Waals surface area (Å²) in [6.07, 6.45) is 7.05. The second kappa shape index (κ2) is 10.4. The van der Waals surface area contributed by atoms with Crippen molar-refractivity contribution < 1.29 is 13.2 Å². The average molecular weight is 372 g/mol. The van der Waals surface area contributed by atoms with E-state index < -0.39 is 10.0 Å². The predicted octanol–water partition coefficient (Wildman–Crippen LogP) is 0.142. The molecule has 9 heteroatoms. The lowest BCUT2D eigenvalue weighted by molar-refractivity contribution is 0.0200. The second-order valence-corrected chi connectivity index (χ2v) is 7.93. The SMILES string of the molecule is CN=C(NCCn1cccc1)NCCS(=O)(=O)NCC1CCCCO1. The minimum Gasteiger partial charge on any atom is -0.377 e. The summed E-state index contributed by atoms with van der Waals surface area (Å²) in [5.41, 5.74) is 0. The van der Waals surface area contributed by atoms with Crippen LogP contribution in [0, 0.1) is 0 Å². The summed E-state index contributed by atoms with van der Waals surface area (Å²) in [6, 6.07) is 3.95. The van der Waals surface area contributed by atoms with Crippen LogP contribution in [0.25, 0.3) is 0 Å². The van der Waals surface area contributed by atoms with E-state index in [0.29, 0.717) is 25.6 Å². The number of rotatable bonds is 9. The van der Waals surface area contributed by atoms with Crippen molar-refractivity contribution in [2.24, 2.45) is 4.99 Å². The molecule has 1 aromatic heterocycles. The van der Waals surface area contributed by atoms with Crippen molar-refractivity contribution in [2.45, 2.75) is 31.9 Å². The largest absolute Gasteiger partial charge is 0.377 e. The number of sulfonamides is 1. The number of guanidine groups is 1. The van der Waals surface area contributed by atoms with E-state index in [0.717, 1.165) is 32.4 Å². The molecule has 3 N–H and O–H groups in total. The normalized spacial score (nSPS) is 18.9.